The lowest BCUT2D eigenvalue weighted by atomic mass is 9.99. The summed E-state index contributed by atoms with van der Waals surface area (Å²) in [4.78, 5) is 29.0. The minimum absolute atomic E-state index is 0.0319. The molecule has 0 aromatic heterocycles. The molecule has 0 saturated heterocycles. The zero-order chi connectivity index (χ0) is 25.4. The molecule has 0 saturated carbocycles. The Morgan fingerprint density at radius 2 is 1.54 bits per heavy atom. The van der Waals surface area contributed by atoms with Gasteiger partial charge in [-0.05, 0) is 62.9 Å². The lowest BCUT2D eigenvalue weighted by Crippen LogP contribution is -2.54. The van der Waals surface area contributed by atoms with Crippen LogP contribution in [0.25, 0.3) is 0 Å². The van der Waals surface area contributed by atoms with Gasteiger partial charge in [0.05, 0.1) is 0 Å². The first kappa shape index (κ1) is 26.7. The van der Waals surface area contributed by atoms with E-state index in [-0.39, 0.29) is 11.8 Å². The molecule has 1 N–H and O–H groups in total. The number of rotatable bonds is 9. The topological polar surface area (TPSA) is 49.4 Å². The number of hydrogen-bond donors (Lipinski definition) is 1. The third-order valence-electron chi connectivity index (χ3n) is 5.76. The SMILES string of the molecule is Cc1ccc(CCC(=O)N(Cc2cccc(Br)c2)[C@@H](Cc2ccccc2)C(=O)NC(C)(C)C)cc1. The second-order valence-corrected chi connectivity index (χ2v) is 11.0. The maximum absolute atomic E-state index is 13.7. The molecule has 1 atom stereocenters. The van der Waals surface area contributed by atoms with Gasteiger partial charge in [0.25, 0.3) is 0 Å². The molecule has 0 bridgehead atoms. The van der Waals surface area contributed by atoms with Crippen molar-refractivity contribution in [2.45, 2.75) is 65.1 Å². The van der Waals surface area contributed by atoms with Crippen molar-refractivity contribution in [3.05, 3.63) is 106 Å². The number of carbonyl (C=O) groups is 2. The normalized spacial score (nSPS) is 12.1. The van der Waals surface area contributed by atoms with Gasteiger partial charge in [-0.3, -0.25) is 9.59 Å². The molecular weight excluding hydrogens is 500 g/mol. The molecule has 5 heteroatoms. The van der Waals surface area contributed by atoms with E-state index < -0.39 is 11.6 Å². The molecular formula is C30H35BrN2O2. The van der Waals surface area contributed by atoms with Gasteiger partial charge in [-0.2, -0.15) is 0 Å². The van der Waals surface area contributed by atoms with Gasteiger partial charge in [-0.15, -0.1) is 0 Å². The standard InChI is InChI=1S/C30H35BrN2O2/c1-22-13-15-23(16-14-22)17-18-28(34)33(21-25-11-8-12-26(31)19-25)27(29(35)32-30(2,3)4)20-24-9-6-5-7-10-24/h5-16,19,27H,17-18,20-21H2,1-4H3,(H,32,35)/t27-/m0/s1. The summed E-state index contributed by atoms with van der Waals surface area (Å²) >= 11 is 3.53. The molecule has 0 heterocycles. The summed E-state index contributed by atoms with van der Waals surface area (Å²) in [6.45, 7) is 8.30. The van der Waals surface area contributed by atoms with Crippen LogP contribution in [0, 0.1) is 6.92 Å². The largest absolute Gasteiger partial charge is 0.350 e. The molecule has 0 aliphatic carbocycles. The maximum Gasteiger partial charge on any atom is 0.243 e. The van der Waals surface area contributed by atoms with Crippen LogP contribution in [0.5, 0.6) is 0 Å². The van der Waals surface area contributed by atoms with Gasteiger partial charge < -0.3 is 10.2 Å². The zero-order valence-electron chi connectivity index (χ0n) is 21.1. The molecule has 0 aliphatic heterocycles. The predicted molar refractivity (Wildman–Crippen MR) is 146 cm³/mol. The van der Waals surface area contributed by atoms with E-state index in [4.69, 9.17) is 0 Å². The van der Waals surface area contributed by atoms with Crippen LogP contribution in [0.15, 0.2) is 83.3 Å². The van der Waals surface area contributed by atoms with E-state index in [0.717, 1.165) is 21.2 Å². The van der Waals surface area contributed by atoms with Crippen molar-refractivity contribution in [2.75, 3.05) is 0 Å². The van der Waals surface area contributed by atoms with Crippen LogP contribution < -0.4 is 5.32 Å². The molecule has 35 heavy (non-hydrogen) atoms. The monoisotopic (exact) mass is 534 g/mol. The first-order chi connectivity index (χ1) is 16.6. The average Bonchev–Trinajstić information content (AvgIpc) is 2.80. The number of aryl methyl sites for hydroxylation is 2. The van der Waals surface area contributed by atoms with Crippen molar-refractivity contribution >= 4 is 27.7 Å². The Bertz CT molecular complexity index is 1120. The van der Waals surface area contributed by atoms with Gasteiger partial charge in [0.1, 0.15) is 6.04 Å². The lowest BCUT2D eigenvalue weighted by Gasteiger charge is -2.34. The fraction of sp³-hybridized carbons (Fsp3) is 0.333. The third-order valence-corrected chi connectivity index (χ3v) is 6.25. The van der Waals surface area contributed by atoms with Crippen LogP contribution in [0.2, 0.25) is 0 Å². The van der Waals surface area contributed by atoms with E-state index in [1.54, 1.807) is 4.90 Å². The number of nitrogens with zero attached hydrogens (tertiary/aromatic N) is 1. The van der Waals surface area contributed by atoms with E-state index in [1.807, 2.05) is 75.4 Å². The van der Waals surface area contributed by atoms with Crippen LogP contribution in [0.4, 0.5) is 0 Å². The van der Waals surface area contributed by atoms with Crippen molar-refractivity contribution in [2.24, 2.45) is 0 Å². The Kier molecular flexibility index (Phi) is 9.27. The Morgan fingerprint density at radius 3 is 2.17 bits per heavy atom. The van der Waals surface area contributed by atoms with Gasteiger partial charge >= 0.3 is 0 Å². The Morgan fingerprint density at radius 1 is 0.886 bits per heavy atom. The number of benzene rings is 3. The molecule has 0 fully saturated rings. The smallest absolute Gasteiger partial charge is 0.243 e. The van der Waals surface area contributed by atoms with Crippen LogP contribution in [0.3, 0.4) is 0 Å². The molecule has 0 aliphatic rings. The van der Waals surface area contributed by atoms with E-state index in [9.17, 15) is 9.59 Å². The van der Waals surface area contributed by atoms with E-state index in [2.05, 4.69) is 52.4 Å². The molecule has 0 spiro atoms. The highest BCUT2D eigenvalue weighted by Gasteiger charge is 2.32. The zero-order valence-corrected chi connectivity index (χ0v) is 22.6. The summed E-state index contributed by atoms with van der Waals surface area (Å²) in [7, 11) is 0. The molecule has 0 radical (unpaired) electrons. The van der Waals surface area contributed by atoms with Crippen molar-refractivity contribution in [1.82, 2.24) is 10.2 Å². The van der Waals surface area contributed by atoms with Gasteiger partial charge in [0.2, 0.25) is 11.8 Å². The fourth-order valence-corrected chi connectivity index (χ4v) is 4.44. The van der Waals surface area contributed by atoms with Gasteiger partial charge in [0.15, 0.2) is 0 Å². The quantitative estimate of drug-likeness (QED) is 0.353. The lowest BCUT2D eigenvalue weighted by molar-refractivity contribution is -0.141. The molecule has 4 nitrogen and oxygen atoms in total. The number of nitrogens with one attached hydrogen (secondary N) is 1. The fourth-order valence-electron chi connectivity index (χ4n) is 3.99. The second-order valence-electron chi connectivity index (χ2n) is 10.1. The number of hydrogen-bond acceptors (Lipinski definition) is 2. The van der Waals surface area contributed by atoms with Gasteiger partial charge in [-0.25, -0.2) is 0 Å². The van der Waals surface area contributed by atoms with Crippen LogP contribution in [-0.4, -0.2) is 28.3 Å². The summed E-state index contributed by atoms with van der Waals surface area (Å²) in [5.74, 6) is -0.171. The summed E-state index contributed by atoms with van der Waals surface area (Å²) in [5, 5.41) is 3.11. The summed E-state index contributed by atoms with van der Waals surface area (Å²) < 4.78 is 0.945. The molecule has 184 valence electrons. The van der Waals surface area contributed by atoms with E-state index in [0.29, 0.717) is 25.8 Å². The minimum Gasteiger partial charge on any atom is -0.350 e. The Hall–Kier alpha value is -2.92. The molecule has 0 unspecified atom stereocenters. The van der Waals surface area contributed by atoms with Crippen molar-refractivity contribution in [3.8, 4) is 0 Å². The highest BCUT2D eigenvalue weighted by molar-refractivity contribution is 9.10. The van der Waals surface area contributed by atoms with Crippen molar-refractivity contribution < 1.29 is 9.59 Å². The molecule has 2 amide bonds. The van der Waals surface area contributed by atoms with Crippen molar-refractivity contribution in [3.63, 3.8) is 0 Å². The van der Waals surface area contributed by atoms with Gasteiger partial charge in [-0.1, -0.05) is 88.2 Å². The number of halogens is 1. The maximum atomic E-state index is 13.7. The van der Waals surface area contributed by atoms with Crippen molar-refractivity contribution in [1.29, 1.82) is 0 Å². The number of carbonyl (C=O) groups excluding carboxylic acids is 2. The first-order valence-electron chi connectivity index (χ1n) is 12.1. The third kappa shape index (κ3) is 8.66. The Balaban J connectivity index is 1.92. The van der Waals surface area contributed by atoms with Crippen LogP contribution in [-0.2, 0) is 29.0 Å². The Labute approximate surface area is 217 Å². The number of amides is 2. The highest BCUT2D eigenvalue weighted by Crippen LogP contribution is 2.20. The summed E-state index contributed by atoms with van der Waals surface area (Å²) in [6, 6.07) is 25.4. The first-order valence-corrected chi connectivity index (χ1v) is 12.9. The van der Waals surface area contributed by atoms with Gasteiger partial charge in [0, 0.05) is 29.4 Å². The predicted octanol–water partition coefficient (Wildman–Crippen LogP) is 6.24. The second kappa shape index (κ2) is 12.2. The highest BCUT2D eigenvalue weighted by atomic mass is 79.9. The average molecular weight is 536 g/mol. The molecule has 3 aromatic carbocycles. The molecule has 3 rings (SSSR count). The van der Waals surface area contributed by atoms with Crippen LogP contribution >= 0.6 is 15.9 Å². The van der Waals surface area contributed by atoms with Crippen LogP contribution in [0.1, 0.15) is 49.4 Å². The van der Waals surface area contributed by atoms with E-state index >= 15 is 0 Å². The minimum atomic E-state index is -0.624. The van der Waals surface area contributed by atoms with E-state index in [1.165, 1.54) is 5.56 Å². The summed E-state index contributed by atoms with van der Waals surface area (Å²) in [6.07, 6.45) is 1.42. The summed E-state index contributed by atoms with van der Waals surface area (Å²) in [5.41, 5.74) is 3.90. The molecule has 3 aromatic rings.